The van der Waals surface area contributed by atoms with Gasteiger partial charge in [0.2, 0.25) is 0 Å². The van der Waals surface area contributed by atoms with Crippen LogP contribution in [-0.2, 0) is 11.2 Å². The summed E-state index contributed by atoms with van der Waals surface area (Å²) in [4.78, 5) is 31.1. The molecule has 1 aliphatic heterocycles. The molecule has 0 saturated heterocycles. The monoisotopic (exact) mass is 439 g/mol. The number of hydrogen-bond acceptors (Lipinski definition) is 3. The molecule has 1 aliphatic rings. The van der Waals surface area contributed by atoms with E-state index >= 15 is 0 Å². The minimum Gasteiger partial charge on any atom is -0.465 e. The number of hydrogen-bond donors (Lipinski definition) is 2. The minimum absolute atomic E-state index is 0.263. The van der Waals surface area contributed by atoms with Crippen LogP contribution in [0.1, 0.15) is 38.8 Å². The maximum Gasteiger partial charge on any atom is 0.339 e. The molecule has 2 amide bonds. The van der Waals surface area contributed by atoms with Crippen LogP contribution in [-0.4, -0.2) is 35.5 Å². The van der Waals surface area contributed by atoms with E-state index in [2.05, 4.69) is 46.7 Å². The third-order valence-corrected chi connectivity index (χ3v) is 6.26. The molecule has 4 aromatic rings. The first kappa shape index (κ1) is 20.8. The molecule has 0 aliphatic carbocycles. The number of nitrogens with zero attached hydrogens (tertiary/aromatic N) is 1. The number of fused-ring (bicyclic) bond motifs is 3. The number of anilines is 1. The van der Waals surface area contributed by atoms with E-state index in [1.165, 1.54) is 18.1 Å². The molecule has 5 rings (SSSR count). The number of para-hydroxylation sites is 2. The Balaban J connectivity index is 1.56. The van der Waals surface area contributed by atoms with Crippen LogP contribution in [0.2, 0.25) is 0 Å². The van der Waals surface area contributed by atoms with Crippen molar-refractivity contribution in [3.8, 4) is 0 Å². The SMILES string of the molecule is COC(=O)c1ccccc1NC(=O)N1CCc2c([nH]c3ccccc23)[C@H]1c1ccc(C)cc1. The summed E-state index contributed by atoms with van der Waals surface area (Å²) in [5.41, 5.74) is 6.29. The maximum atomic E-state index is 13.6. The Bertz CT molecular complexity index is 1340. The van der Waals surface area contributed by atoms with Gasteiger partial charge in [0.15, 0.2) is 0 Å². The van der Waals surface area contributed by atoms with Gasteiger partial charge in [0, 0.05) is 23.1 Å². The lowest BCUT2D eigenvalue weighted by molar-refractivity contribution is 0.0602. The molecule has 2 heterocycles. The van der Waals surface area contributed by atoms with E-state index in [0.29, 0.717) is 17.8 Å². The lowest BCUT2D eigenvalue weighted by Crippen LogP contribution is -2.43. The molecule has 2 N–H and O–H groups in total. The number of benzene rings is 3. The zero-order valence-electron chi connectivity index (χ0n) is 18.6. The Hall–Kier alpha value is -4.06. The van der Waals surface area contributed by atoms with Crippen LogP contribution in [0.4, 0.5) is 10.5 Å². The van der Waals surface area contributed by atoms with Crippen molar-refractivity contribution >= 4 is 28.6 Å². The first-order valence-corrected chi connectivity index (χ1v) is 11.0. The lowest BCUT2D eigenvalue weighted by Gasteiger charge is -2.36. The third-order valence-electron chi connectivity index (χ3n) is 6.26. The fourth-order valence-corrected chi connectivity index (χ4v) is 4.62. The third kappa shape index (κ3) is 3.74. The van der Waals surface area contributed by atoms with Crippen LogP contribution < -0.4 is 5.32 Å². The Labute approximate surface area is 192 Å². The number of carbonyl (C=O) groups is 2. The number of carbonyl (C=O) groups excluding carboxylic acids is 2. The maximum absolute atomic E-state index is 13.6. The van der Waals surface area contributed by atoms with Crippen molar-refractivity contribution in [3.05, 3.63) is 101 Å². The molecule has 6 nitrogen and oxygen atoms in total. The van der Waals surface area contributed by atoms with E-state index in [1.807, 2.05) is 24.0 Å². The van der Waals surface area contributed by atoms with Gasteiger partial charge in [-0.05, 0) is 42.7 Å². The van der Waals surface area contributed by atoms with Gasteiger partial charge in [0.1, 0.15) is 0 Å². The largest absolute Gasteiger partial charge is 0.465 e. The predicted molar refractivity (Wildman–Crippen MR) is 129 cm³/mol. The fraction of sp³-hybridized carbons (Fsp3) is 0.185. The van der Waals surface area contributed by atoms with Crippen molar-refractivity contribution in [2.45, 2.75) is 19.4 Å². The van der Waals surface area contributed by atoms with Crippen molar-refractivity contribution < 1.29 is 14.3 Å². The van der Waals surface area contributed by atoms with Gasteiger partial charge in [0.05, 0.1) is 24.4 Å². The highest BCUT2D eigenvalue weighted by molar-refractivity contribution is 6.01. The zero-order valence-corrected chi connectivity index (χ0v) is 18.6. The van der Waals surface area contributed by atoms with Gasteiger partial charge in [-0.1, -0.05) is 60.2 Å². The van der Waals surface area contributed by atoms with Crippen LogP contribution in [0, 0.1) is 6.92 Å². The smallest absolute Gasteiger partial charge is 0.339 e. The summed E-state index contributed by atoms with van der Waals surface area (Å²) in [6, 6.07) is 22.9. The molecule has 33 heavy (non-hydrogen) atoms. The Kier molecular flexibility index (Phi) is 5.34. The molecule has 0 radical (unpaired) electrons. The van der Waals surface area contributed by atoms with Gasteiger partial charge in [0.25, 0.3) is 0 Å². The summed E-state index contributed by atoms with van der Waals surface area (Å²) < 4.78 is 4.88. The molecular formula is C27H25N3O3. The standard InChI is InChI=1S/C27H25N3O3/c1-17-11-13-18(14-12-17)25-24-20(19-7-3-5-9-22(19)28-24)15-16-30(25)27(32)29-23-10-6-4-8-21(23)26(31)33-2/h3-14,25,28H,15-16H2,1-2H3,(H,29,32)/t25-/m1/s1. The number of aryl methyl sites for hydroxylation is 1. The summed E-state index contributed by atoms with van der Waals surface area (Å²) in [6.07, 6.45) is 0.744. The van der Waals surface area contributed by atoms with Crippen LogP contribution in [0.3, 0.4) is 0 Å². The molecule has 0 unspecified atom stereocenters. The highest BCUT2D eigenvalue weighted by Crippen LogP contribution is 2.38. The number of urea groups is 1. The van der Waals surface area contributed by atoms with E-state index in [-0.39, 0.29) is 12.1 Å². The first-order valence-electron chi connectivity index (χ1n) is 11.0. The van der Waals surface area contributed by atoms with Gasteiger partial charge in [-0.2, -0.15) is 0 Å². The second-order valence-corrected chi connectivity index (χ2v) is 8.29. The van der Waals surface area contributed by atoms with E-state index < -0.39 is 5.97 Å². The van der Waals surface area contributed by atoms with Gasteiger partial charge >= 0.3 is 12.0 Å². The van der Waals surface area contributed by atoms with Gasteiger partial charge in [-0.15, -0.1) is 0 Å². The number of rotatable bonds is 3. The second kappa shape index (κ2) is 8.47. The predicted octanol–water partition coefficient (Wildman–Crippen LogP) is 5.44. The van der Waals surface area contributed by atoms with E-state index in [0.717, 1.165) is 28.8 Å². The Morgan fingerprint density at radius 2 is 1.73 bits per heavy atom. The number of methoxy groups -OCH3 is 1. The number of ether oxygens (including phenoxy) is 1. The molecule has 0 saturated carbocycles. The summed E-state index contributed by atoms with van der Waals surface area (Å²) in [5.74, 6) is -0.488. The fourth-order valence-electron chi connectivity index (χ4n) is 4.62. The topological polar surface area (TPSA) is 74.4 Å². The van der Waals surface area contributed by atoms with Crippen molar-refractivity contribution in [1.82, 2.24) is 9.88 Å². The highest BCUT2D eigenvalue weighted by Gasteiger charge is 2.35. The average molecular weight is 440 g/mol. The number of aromatic nitrogens is 1. The van der Waals surface area contributed by atoms with Crippen LogP contribution >= 0.6 is 0 Å². The summed E-state index contributed by atoms with van der Waals surface area (Å²) >= 11 is 0. The molecule has 0 spiro atoms. The number of esters is 1. The van der Waals surface area contributed by atoms with E-state index in [1.54, 1.807) is 24.3 Å². The number of aromatic amines is 1. The summed E-state index contributed by atoms with van der Waals surface area (Å²) in [5, 5.41) is 4.14. The van der Waals surface area contributed by atoms with Crippen LogP contribution in [0.15, 0.2) is 72.8 Å². The molecule has 3 aromatic carbocycles. The average Bonchev–Trinajstić information content (AvgIpc) is 3.22. The van der Waals surface area contributed by atoms with Crippen molar-refractivity contribution in [3.63, 3.8) is 0 Å². The quantitative estimate of drug-likeness (QED) is 0.417. The van der Waals surface area contributed by atoms with Crippen LogP contribution in [0.25, 0.3) is 10.9 Å². The van der Waals surface area contributed by atoms with Crippen LogP contribution in [0.5, 0.6) is 0 Å². The van der Waals surface area contributed by atoms with E-state index in [9.17, 15) is 9.59 Å². The van der Waals surface area contributed by atoms with Crippen molar-refractivity contribution in [2.75, 3.05) is 19.0 Å². The Morgan fingerprint density at radius 3 is 2.52 bits per heavy atom. The second-order valence-electron chi connectivity index (χ2n) is 8.29. The molecule has 6 heteroatoms. The number of nitrogens with one attached hydrogen (secondary N) is 2. The number of H-pyrrole nitrogens is 1. The molecular weight excluding hydrogens is 414 g/mol. The molecule has 0 bridgehead atoms. The first-order chi connectivity index (χ1) is 16.1. The highest BCUT2D eigenvalue weighted by atomic mass is 16.5. The Morgan fingerprint density at radius 1 is 1.00 bits per heavy atom. The summed E-state index contributed by atoms with van der Waals surface area (Å²) in [6.45, 7) is 2.60. The lowest BCUT2D eigenvalue weighted by atomic mass is 9.92. The molecule has 166 valence electrons. The molecule has 1 aromatic heterocycles. The summed E-state index contributed by atoms with van der Waals surface area (Å²) in [7, 11) is 1.33. The van der Waals surface area contributed by atoms with Gasteiger partial charge < -0.3 is 19.9 Å². The van der Waals surface area contributed by atoms with E-state index in [4.69, 9.17) is 4.74 Å². The number of amides is 2. The minimum atomic E-state index is -0.488. The zero-order chi connectivity index (χ0) is 22.9. The van der Waals surface area contributed by atoms with Gasteiger partial charge in [-0.3, -0.25) is 0 Å². The van der Waals surface area contributed by atoms with Crippen molar-refractivity contribution in [2.24, 2.45) is 0 Å². The van der Waals surface area contributed by atoms with Gasteiger partial charge in [-0.25, -0.2) is 9.59 Å². The molecule has 0 fully saturated rings. The normalized spacial score (nSPS) is 15.2. The molecule has 1 atom stereocenters. The van der Waals surface area contributed by atoms with Crippen molar-refractivity contribution in [1.29, 1.82) is 0 Å².